The molecular weight excluding hydrogens is 676 g/mol. The van der Waals surface area contributed by atoms with E-state index < -0.39 is 58.5 Å². The highest BCUT2D eigenvalue weighted by Gasteiger charge is 2.39. The van der Waals surface area contributed by atoms with Crippen LogP contribution in [-0.2, 0) is 22.6 Å². The molecule has 1 heterocycles. The van der Waals surface area contributed by atoms with E-state index in [1.807, 2.05) is 0 Å². The van der Waals surface area contributed by atoms with Crippen LogP contribution in [0.3, 0.4) is 0 Å². The van der Waals surface area contributed by atoms with E-state index in [0.717, 1.165) is 17.0 Å². The zero-order chi connectivity index (χ0) is 36.7. The maximum Gasteiger partial charge on any atom is 0.342 e. The van der Waals surface area contributed by atoms with Crippen molar-refractivity contribution in [1.82, 2.24) is 15.1 Å². The lowest BCUT2D eigenvalue weighted by Crippen LogP contribution is -2.48. The zero-order valence-corrected chi connectivity index (χ0v) is 28.8. The molecule has 0 bridgehead atoms. The van der Waals surface area contributed by atoms with Gasteiger partial charge < -0.3 is 34.3 Å². The molecule has 15 nitrogen and oxygen atoms in total. The molecule has 0 aliphatic carbocycles. The fourth-order valence-corrected chi connectivity index (χ4v) is 5.99. The number of nitro benzene ring substituents is 1. The van der Waals surface area contributed by atoms with E-state index in [-0.39, 0.29) is 31.5 Å². The average Bonchev–Trinajstić information content (AvgIpc) is 3.21. The van der Waals surface area contributed by atoms with Crippen molar-refractivity contribution < 1.29 is 48.2 Å². The van der Waals surface area contributed by atoms with Crippen LogP contribution in [0.2, 0.25) is 5.02 Å². The Bertz CT molecular complexity index is 1780. The van der Waals surface area contributed by atoms with Gasteiger partial charge in [-0.15, -0.1) is 0 Å². The number of hydrogen-bond donors (Lipinski definition) is 2. The van der Waals surface area contributed by atoms with Crippen molar-refractivity contribution in [3.05, 3.63) is 85.9 Å². The van der Waals surface area contributed by atoms with Gasteiger partial charge in [0.15, 0.2) is 0 Å². The first-order valence-electron chi connectivity index (χ1n) is 15.4. The molecule has 0 unspecified atom stereocenters. The van der Waals surface area contributed by atoms with Crippen molar-refractivity contribution >= 4 is 41.1 Å². The zero-order valence-electron chi connectivity index (χ0n) is 28.1. The van der Waals surface area contributed by atoms with E-state index in [0.29, 0.717) is 39.1 Å². The molecule has 2 N–H and O–H groups in total. The monoisotopic (exact) mass is 712 g/mol. The maximum absolute atomic E-state index is 14.2. The lowest BCUT2D eigenvalue weighted by molar-refractivity contribution is -0.385. The van der Waals surface area contributed by atoms with Gasteiger partial charge in [-0.05, 0) is 48.2 Å². The lowest BCUT2D eigenvalue weighted by Gasteiger charge is -2.26. The predicted octanol–water partition coefficient (Wildman–Crippen LogP) is 4.87. The van der Waals surface area contributed by atoms with Crippen LogP contribution in [0.4, 0.5) is 10.5 Å². The second-order valence-corrected chi connectivity index (χ2v) is 11.8. The number of nitrogens with one attached hydrogen (secondary N) is 1. The number of carboxylic acid groups (broad SMARTS) is 1. The third-order valence-electron chi connectivity index (χ3n) is 8.38. The predicted molar refractivity (Wildman–Crippen MR) is 180 cm³/mol. The highest BCUT2D eigenvalue weighted by Crippen LogP contribution is 2.36. The number of ether oxygens (including phenoxy) is 4. The number of halogens is 1. The number of rotatable bonds is 13. The molecule has 0 spiro atoms. The lowest BCUT2D eigenvalue weighted by atomic mass is 9.96. The second kappa shape index (κ2) is 16.2. The number of carbonyl (C=O) groups excluding carboxylic acids is 3. The molecule has 0 aromatic heterocycles. The number of aromatic carboxylic acids is 1. The Balaban J connectivity index is 1.72. The molecule has 0 radical (unpaired) electrons. The molecular formula is C34H37ClN4O11. The van der Waals surface area contributed by atoms with Gasteiger partial charge in [0.05, 0.1) is 57.4 Å². The van der Waals surface area contributed by atoms with Gasteiger partial charge in [-0.1, -0.05) is 24.6 Å². The van der Waals surface area contributed by atoms with Gasteiger partial charge in [-0.25, -0.2) is 9.59 Å². The largest absolute Gasteiger partial charge is 0.496 e. The SMILES string of the molecule is CC[C@@H](NC(=O)N1CC(=O)N(Cc2c(OC)cc(OC)cc2OC)C[C@H](Cc2cc(Cl)ccc2OC)C1=O)c1ccc(C(=O)O)c([N+](=O)[O-])c1. The highest BCUT2D eigenvalue weighted by molar-refractivity contribution is 6.30. The van der Waals surface area contributed by atoms with E-state index in [2.05, 4.69) is 5.32 Å². The molecule has 266 valence electrons. The number of urea groups is 1. The van der Waals surface area contributed by atoms with E-state index in [9.17, 15) is 34.4 Å². The Morgan fingerprint density at radius 1 is 1.00 bits per heavy atom. The summed E-state index contributed by atoms with van der Waals surface area (Å²) in [6.07, 6.45) is 0.269. The van der Waals surface area contributed by atoms with Crippen molar-refractivity contribution in [2.75, 3.05) is 41.5 Å². The van der Waals surface area contributed by atoms with E-state index in [1.54, 1.807) is 37.3 Å². The van der Waals surface area contributed by atoms with Crippen molar-refractivity contribution in [3.8, 4) is 23.0 Å². The summed E-state index contributed by atoms with van der Waals surface area (Å²) in [4.78, 5) is 66.5. The maximum atomic E-state index is 14.2. The Morgan fingerprint density at radius 3 is 2.22 bits per heavy atom. The van der Waals surface area contributed by atoms with Crippen LogP contribution in [0.15, 0.2) is 48.5 Å². The standard InChI is InChI=1S/C34H37ClN4O11/c1-6-26(19-7-9-24(33(42)43)27(13-19)39(45)46)36-34(44)38-18-31(40)37(17-25-29(49-4)14-23(47-2)15-30(25)50-5)16-21(32(38)41)11-20-12-22(35)8-10-28(20)48-3/h7-10,12-15,21,26H,6,11,16-18H2,1-5H3,(H,36,44)(H,42,43)/t21-,26+/m0/s1. The van der Waals surface area contributed by atoms with Gasteiger partial charge in [0.2, 0.25) is 11.8 Å². The molecule has 1 aliphatic heterocycles. The van der Waals surface area contributed by atoms with E-state index in [1.165, 1.54) is 39.4 Å². The van der Waals surface area contributed by atoms with Crippen LogP contribution >= 0.6 is 11.6 Å². The molecule has 1 fully saturated rings. The molecule has 4 amide bonds. The van der Waals surface area contributed by atoms with Crippen molar-refractivity contribution in [1.29, 1.82) is 0 Å². The summed E-state index contributed by atoms with van der Waals surface area (Å²) < 4.78 is 22.0. The number of carboxylic acids is 1. The number of methoxy groups -OCH3 is 4. The molecule has 3 aromatic rings. The van der Waals surface area contributed by atoms with Gasteiger partial charge in [-0.3, -0.25) is 24.6 Å². The normalized spacial score (nSPS) is 15.2. The topological polar surface area (TPSA) is 187 Å². The van der Waals surface area contributed by atoms with Gasteiger partial charge in [0, 0.05) is 29.8 Å². The third-order valence-corrected chi connectivity index (χ3v) is 8.61. The molecule has 50 heavy (non-hydrogen) atoms. The third kappa shape index (κ3) is 8.17. The second-order valence-electron chi connectivity index (χ2n) is 11.3. The summed E-state index contributed by atoms with van der Waals surface area (Å²) >= 11 is 6.29. The summed E-state index contributed by atoms with van der Waals surface area (Å²) in [6, 6.07) is 9.93. The first-order chi connectivity index (χ1) is 23.8. The van der Waals surface area contributed by atoms with Crippen LogP contribution in [0.5, 0.6) is 23.0 Å². The molecule has 3 aromatic carbocycles. The number of nitro groups is 1. The average molecular weight is 713 g/mol. The number of nitrogens with zero attached hydrogens (tertiary/aromatic N) is 3. The van der Waals surface area contributed by atoms with Crippen LogP contribution in [0.25, 0.3) is 0 Å². The van der Waals surface area contributed by atoms with Crippen molar-refractivity contribution in [2.24, 2.45) is 5.92 Å². The van der Waals surface area contributed by atoms with Gasteiger partial charge >= 0.3 is 12.0 Å². The summed E-state index contributed by atoms with van der Waals surface area (Å²) in [5, 5.41) is 24.1. The summed E-state index contributed by atoms with van der Waals surface area (Å²) in [7, 11) is 5.87. The van der Waals surface area contributed by atoms with Crippen LogP contribution in [0.1, 0.15) is 46.4 Å². The summed E-state index contributed by atoms with van der Waals surface area (Å²) in [5.41, 5.74) is 0.152. The Morgan fingerprint density at radius 2 is 1.66 bits per heavy atom. The number of hydrogen-bond acceptors (Lipinski definition) is 10. The number of amides is 4. The van der Waals surface area contributed by atoms with Gasteiger partial charge in [0.1, 0.15) is 35.1 Å². The van der Waals surface area contributed by atoms with Gasteiger partial charge in [0.25, 0.3) is 5.69 Å². The molecule has 2 atom stereocenters. The summed E-state index contributed by atoms with van der Waals surface area (Å²) in [6.45, 7) is 0.930. The first kappa shape index (κ1) is 37.3. The van der Waals surface area contributed by atoms with Crippen LogP contribution < -0.4 is 24.3 Å². The van der Waals surface area contributed by atoms with Crippen LogP contribution in [-0.4, -0.2) is 85.2 Å². The molecule has 4 rings (SSSR count). The van der Waals surface area contributed by atoms with E-state index >= 15 is 0 Å². The fraction of sp³-hybridized carbons (Fsp3) is 0.353. The fourth-order valence-electron chi connectivity index (χ4n) is 5.80. The van der Waals surface area contributed by atoms with Crippen molar-refractivity contribution in [3.63, 3.8) is 0 Å². The van der Waals surface area contributed by atoms with Crippen molar-refractivity contribution in [2.45, 2.75) is 32.4 Å². The Hall–Kier alpha value is -5.57. The first-order valence-corrected chi connectivity index (χ1v) is 15.8. The minimum Gasteiger partial charge on any atom is -0.496 e. The molecule has 1 aliphatic rings. The minimum atomic E-state index is -1.48. The Labute approximate surface area is 292 Å². The minimum absolute atomic E-state index is 0.0434. The van der Waals surface area contributed by atoms with Gasteiger partial charge in [-0.2, -0.15) is 0 Å². The van der Waals surface area contributed by atoms with E-state index in [4.69, 9.17) is 30.5 Å². The Kier molecular flexibility index (Phi) is 12.1. The smallest absolute Gasteiger partial charge is 0.342 e. The number of imide groups is 1. The van der Waals surface area contributed by atoms with Crippen LogP contribution in [0, 0.1) is 16.0 Å². The quantitative estimate of drug-likeness (QED) is 0.182. The number of benzene rings is 3. The highest BCUT2D eigenvalue weighted by atomic mass is 35.5. The molecule has 16 heteroatoms. The molecule has 0 saturated carbocycles. The number of carbonyl (C=O) groups is 4. The molecule has 1 saturated heterocycles. The summed E-state index contributed by atoms with van der Waals surface area (Å²) in [5.74, 6) is -1.98.